The zero-order valence-electron chi connectivity index (χ0n) is 16.9. The summed E-state index contributed by atoms with van der Waals surface area (Å²) in [6.07, 6.45) is 0.603. The molecule has 1 N–H and O–H groups in total. The van der Waals surface area contributed by atoms with E-state index in [0.717, 1.165) is 10.9 Å². The maximum Gasteiger partial charge on any atom is 0.338 e. The maximum atomic E-state index is 12.8. The number of hydrogen-bond acceptors (Lipinski definition) is 6. The number of H-pyrrole nitrogens is 1. The summed E-state index contributed by atoms with van der Waals surface area (Å²) in [4.78, 5) is 28.4. The number of rotatable bonds is 6. The molecule has 1 aliphatic rings. The molecule has 31 heavy (non-hydrogen) atoms. The van der Waals surface area contributed by atoms with E-state index in [4.69, 9.17) is 9.47 Å². The third kappa shape index (κ3) is 4.25. The lowest BCUT2D eigenvalue weighted by atomic mass is 10.1. The Morgan fingerprint density at radius 1 is 1.06 bits per heavy atom. The molecule has 0 bridgehead atoms. The third-order valence-electron chi connectivity index (χ3n) is 5.21. The summed E-state index contributed by atoms with van der Waals surface area (Å²) in [5.74, 6) is -1.02. The lowest BCUT2D eigenvalue weighted by molar-refractivity contribution is 0.0319. The summed E-state index contributed by atoms with van der Waals surface area (Å²) >= 11 is 0. The zero-order valence-corrected chi connectivity index (χ0v) is 17.7. The molecular formula is C22H22N2O6S. The largest absolute Gasteiger partial charge is 0.451 e. The van der Waals surface area contributed by atoms with Crippen LogP contribution in [0.15, 0.2) is 59.6 Å². The molecule has 2 aromatic carbocycles. The fourth-order valence-electron chi connectivity index (χ4n) is 3.48. The van der Waals surface area contributed by atoms with Gasteiger partial charge in [0.2, 0.25) is 15.8 Å². The number of hydrogen-bond donors (Lipinski definition) is 1. The lowest BCUT2D eigenvalue weighted by Gasteiger charge is -2.26. The van der Waals surface area contributed by atoms with Gasteiger partial charge in [-0.3, -0.25) is 4.79 Å². The Labute approximate surface area is 179 Å². The van der Waals surface area contributed by atoms with Gasteiger partial charge in [0.25, 0.3) is 0 Å². The minimum atomic E-state index is -3.65. The minimum absolute atomic E-state index is 0.0915. The van der Waals surface area contributed by atoms with Gasteiger partial charge >= 0.3 is 5.97 Å². The van der Waals surface area contributed by atoms with Gasteiger partial charge < -0.3 is 14.5 Å². The number of carbonyl (C=O) groups is 2. The normalized spacial score (nSPS) is 16.2. The van der Waals surface area contributed by atoms with Gasteiger partial charge in [-0.05, 0) is 37.3 Å². The van der Waals surface area contributed by atoms with Crippen LogP contribution >= 0.6 is 0 Å². The van der Waals surface area contributed by atoms with Crippen LogP contribution in [0.5, 0.6) is 0 Å². The van der Waals surface area contributed by atoms with Crippen LogP contribution in [0, 0.1) is 0 Å². The van der Waals surface area contributed by atoms with Crippen molar-refractivity contribution in [3.8, 4) is 0 Å². The van der Waals surface area contributed by atoms with Gasteiger partial charge in [0.1, 0.15) is 0 Å². The zero-order chi connectivity index (χ0) is 22.0. The number of aromatic nitrogens is 1. The van der Waals surface area contributed by atoms with Crippen molar-refractivity contribution in [2.45, 2.75) is 17.9 Å². The molecular weight excluding hydrogens is 420 g/mol. The number of Topliss-reactive ketones (excluding diaryl/α,β-unsaturated/α-hetero) is 1. The Hall–Kier alpha value is -3.01. The molecule has 9 heteroatoms. The summed E-state index contributed by atoms with van der Waals surface area (Å²) in [5, 5.41) is 0.757. The molecule has 2 heterocycles. The van der Waals surface area contributed by atoms with Crippen molar-refractivity contribution in [2.24, 2.45) is 0 Å². The van der Waals surface area contributed by atoms with Crippen LogP contribution in [0.4, 0.5) is 0 Å². The molecule has 0 radical (unpaired) electrons. The van der Waals surface area contributed by atoms with Crippen molar-refractivity contribution >= 4 is 32.7 Å². The smallest absolute Gasteiger partial charge is 0.338 e. The van der Waals surface area contributed by atoms with E-state index in [2.05, 4.69) is 4.98 Å². The number of benzene rings is 2. The summed E-state index contributed by atoms with van der Waals surface area (Å²) in [6.45, 7) is 2.80. The van der Waals surface area contributed by atoms with Crippen molar-refractivity contribution in [3.05, 3.63) is 65.9 Å². The van der Waals surface area contributed by atoms with Crippen LogP contribution in [-0.4, -0.2) is 61.9 Å². The van der Waals surface area contributed by atoms with Crippen molar-refractivity contribution in [2.75, 3.05) is 26.3 Å². The summed E-state index contributed by atoms with van der Waals surface area (Å²) in [6, 6.07) is 12.9. The number of carbonyl (C=O) groups excluding carboxylic acids is 2. The van der Waals surface area contributed by atoms with E-state index in [1.165, 1.54) is 35.5 Å². The highest BCUT2D eigenvalue weighted by molar-refractivity contribution is 7.89. The lowest BCUT2D eigenvalue weighted by Crippen LogP contribution is -2.40. The third-order valence-corrected chi connectivity index (χ3v) is 7.12. The average Bonchev–Trinajstić information content (AvgIpc) is 3.23. The molecule has 1 aliphatic heterocycles. The molecule has 1 aromatic heterocycles. The van der Waals surface area contributed by atoms with E-state index in [-0.39, 0.29) is 16.2 Å². The van der Waals surface area contributed by atoms with Crippen LogP contribution in [0.1, 0.15) is 27.6 Å². The van der Waals surface area contributed by atoms with Gasteiger partial charge in [-0.2, -0.15) is 4.31 Å². The number of aromatic amines is 1. The van der Waals surface area contributed by atoms with Crippen molar-refractivity contribution in [3.63, 3.8) is 0 Å². The first-order chi connectivity index (χ1) is 14.9. The van der Waals surface area contributed by atoms with E-state index < -0.39 is 22.1 Å². The quantitative estimate of drug-likeness (QED) is 0.465. The van der Waals surface area contributed by atoms with E-state index in [0.29, 0.717) is 31.9 Å². The molecule has 0 aliphatic carbocycles. The molecule has 162 valence electrons. The number of morpholine rings is 1. The first-order valence-corrected chi connectivity index (χ1v) is 11.3. The predicted octanol–water partition coefficient (Wildman–Crippen LogP) is 2.62. The van der Waals surface area contributed by atoms with Gasteiger partial charge in [-0.25, -0.2) is 13.2 Å². The van der Waals surface area contributed by atoms with Gasteiger partial charge in [0.05, 0.1) is 23.7 Å². The first-order valence-electron chi connectivity index (χ1n) is 9.87. The molecule has 0 saturated carbocycles. The molecule has 1 saturated heterocycles. The Bertz CT molecular complexity index is 1210. The fourth-order valence-corrected chi connectivity index (χ4v) is 4.88. The van der Waals surface area contributed by atoms with Gasteiger partial charge in [-0.1, -0.05) is 18.2 Å². The number of esters is 1. The summed E-state index contributed by atoms with van der Waals surface area (Å²) < 4.78 is 37.2. The van der Waals surface area contributed by atoms with E-state index >= 15 is 0 Å². The SMILES string of the molecule is C[C@@H](OC(=O)c1ccc(S(=O)(=O)N2CCOCC2)cc1)C(=O)c1c[nH]c2ccccc12. The van der Waals surface area contributed by atoms with Crippen LogP contribution in [0.3, 0.4) is 0 Å². The van der Waals surface area contributed by atoms with Crippen LogP contribution in [0.2, 0.25) is 0 Å². The molecule has 8 nitrogen and oxygen atoms in total. The maximum absolute atomic E-state index is 12.8. The van der Waals surface area contributed by atoms with Crippen LogP contribution in [0.25, 0.3) is 10.9 Å². The Balaban J connectivity index is 1.45. The number of nitrogens with zero attached hydrogens (tertiary/aromatic N) is 1. The molecule has 0 unspecified atom stereocenters. The second-order valence-electron chi connectivity index (χ2n) is 7.20. The number of fused-ring (bicyclic) bond motifs is 1. The van der Waals surface area contributed by atoms with Gasteiger partial charge in [0.15, 0.2) is 6.10 Å². The number of nitrogens with one attached hydrogen (secondary N) is 1. The highest BCUT2D eigenvalue weighted by Crippen LogP contribution is 2.21. The van der Waals surface area contributed by atoms with Crippen LogP contribution < -0.4 is 0 Å². The van der Waals surface area contributed by atoms with Crippen molar-refractivity contribution in [1.29, 1.82) is 0 Å². The monoisotopic (exact) mass is 442 g/mol. The molecule has 0 spiro atoms. The second-order valence-corrected chi connectivity index (χ2v) is 9.14. The number of para-hydroxylation sites is 1. The Morgan fingerprint density at radius 2 is 1.74 bits per heavy atom. The first kappa shape index (κ1) is 21.2. The van der Waals surface area contributed by atoms with Crippen LogP contribution in [-0.2, 0) is 19.5 Å². The Morgan fingerprint density at radius 3 is 2.45 bits per heavy atom. The van der Waals surface area contributed by atoms with E-state index in [9.17, 15) is 18.0 Å². The summed E-state index contributed by atoms with van der Waals surface area (Å²) in [5.41, 5.74) is 1.43. The second kappa shape index (κ2) is 8.62. The highest BCUT2D eigenvalue weighted by atomic mass is 32.2. The summed E-state index contributed by atoms with van der Waals surface area (Å²) in [7, 11) is -3.65. The number of ether oxygens (including phenoxy) is 2. The highest BCUT2D eigenvalue weighted by Gasteiger charge is 2.27. The number of ketones is 1. The topological polar surface area (TPSA) is 106 Å². The van der Waals surface area contributed by atoms with Crippen molar-refractivity contribution < 1.29 is 27.5 Å². The number of sulfonamides is 1. The van der Waals surface area contributed by atoms with Gasteiger partial charge in [0, 0.05) is 35.8 Å². The molecule has 3 aromatic rings. The standard InChI is InChI=1S/C22H22N2O6S/c1-15(21(25)19-14-23-20-5-3-2-4-18(19)20)30-22(26)16-6-8-17(9-7-16)31(27,28)24-10-12-29-13-11-24/h2-9,14-15,23H,10-13H2,1H3/t15-/m1/s1. The minimum Gasteiger partial charge on any atom is -0.451 e. The molecule has 1 fully saturated rings. The van der Waals surface area contributed by atoms with E-state index in [1.54, 1.807) is 6.20 Å². The Kier molecular flexibility index (Phi) is 5.90. The average molecular weight is 442 g/mol. The molecule has 0 amide bonds. The van der Waals surface area contributed by atoms with E-state index in [1.807, 2.05) is 24.3 Å². The predicted molar refractivity (Wildman–Crippen MR) is 114 cm³/mol. The molecule has 1 atom stereocenters. The van der Waals surface area contributed by atoms with Gasteiger partial charge in [-0.15, -0.1) is 0 Å². The molecule has 4 rings (SSSR count). The fraction of sp³-hybridized carbons (Fsp3) is 0.273. The van der Waals surface area contributed by atoms with Crippen molar-refractivity contribution in [1.82, 2.24) is 9.29 Å².